The Balaban J connectivity index is 0.00000420. The third kappa shape index (κ3) is 9.22. The summed E-state index contributed by atoms with van der Waals surface area (Å²) in [6, 6.07) is 10.3. The van der Waals surface area contributed by atoms with E-state index in [1.807, 2.05) is 6.07 Å². The lowest BCUT2D eigenvalue weighted by molar-refractivity contribution is -0.0504. The van der Waals surface area contributed by atoms with Gasteiger partial charge in [0.2, 0.25) is 5.88 Å². The number of alkyl halides is 2. The highest BCUT2D eigenvalue weighted by atomic mass is 127. The number of nitrogens with zero attached hydrogens (tertiary/aromatic N) is 2. The summed E-state index contributed by atoms with van der Waals surface area (Å²) in [6.07, 6.45) is 1.70. The molecular weight excluding hydrogens is 497 g/mol. The Morgan fingerprint density at radius 1 is 1.10 bits per heavy atom. The molecule has 0 bridgehead atoms. The number of aliphatic imine (C=N–C) groups is 1. The van der Waals surface area contributed by atoms with E-state index in [1.165, 1.54) is 6.07 Å². The molecule has 1 aromatic carbocycles. The maximum Gasteiger partial charge on any atom is 0.387 e. The van der Waals surface area contributed by atoms with Crippen LogP contribution in [0.1, 0.15) is 11.1 Å². The van der Waals surface area contributed by atoms with Gasteiger partial charge in [0, 0.05) is 45.1 Å². The van der Waals surface area contributed by atoms with Gasteiger partial charge in [-0.05, 0) is 11.6 Å². The Kier molecular flexibility index (Phi) is 11.9. The Morgan fingerprint density at radius 2 is 1.86 bits per heavy atom. The van der Waals surface area contributed by atoms with Crippen LogP contribution in [-0.2, 0) is 17.8 Å². The number of hydrogen-bond donors (Lipinski definition) is 2. The average molecular weight is 522 g/mol. The van der Waals surface area contributed by atoms with Gasteiger partial charge in [0.25, 0.3) is 0 Å². The molecule has 0 aliphatic heterocycles. The first-order chi connectivity index (χ1) is 13.6. The van der Waals surface area contributed by atoms with Crippen LogP contribution in [0.5, 0.6) is 11.6 Å². The smallest absolute Gasteiger partial charge is 0.387 e. The zero-order chi connectivity index (χ0) is 20.2. The molecule has 2 aromatic rings. The second kappa shape index (κ2) is 13.9. The normalized spacial score (nSPS) is 11.0. The first-order valence-electron chi connectivity index (χ1n) is 8.66. The predicted octanol–water partition coefficient (Wildman–Crippen LogP) is 3.19. The van der Waals surface area contributed by atoms with Crippen molar-refractivity contribution in [1.29, 1.82) is 0 Å². The summed E-state index contributed by atoms with van der Waals surface area (Å²) in [5, 5.41) is 6.21. The summed E-state index contributed by atoms with van der Waals surface area (Å²) in [4.78, 5) is 8.34. The lowest BCUT2D eigenvalue weighted by Crippen LogP contribution is -2.36. The molecule has 0 radical (unpaired) electrons. The van der Waals surface area contributed by atoms with Gasteiger partial charge in [0.05, 0.1) is 6.61 Å². The van der Waals surface area contributed by atoms with E-state index >= 15 is 0 Å². The van der Waals surface area contributed by atoms with Crippen LogP contribution >= 0.6 is 24.0 Å². The summed E-state index contributed by atoms with van der Waals surface area (Å²) in [7, 11) is 3.23. The monoisotopic (exact) mass is 522 g/mol. The standard InChI is InChI=1S/C19H24F2N4O3.HI/c1-22-19(25-13-15-5-3-4-6-16(15)28-18(20)21)24-12-14-7-8-17(23-11-14)27-10-9-26-2;/h3-8,11,18H,9-10,12-13H2,1-2H3,(H2,22,24,25);1H. The van der Waals surface area contributed by atoms with Crippen molar-refractivity contribution in [2.45, 2.75) is 19.7 Å². The molecule has 7 nitrogen and oxygen atoms in total. The van der Waals surface area contributed by atoms with E-state index in [1.54, 1.807) is 44.6 Å². The number of ether oxygens (including phenoxy) is 3. The van der Waals surface area contributed by atoms with Crippen LogP contribution in [-0.4, -0.2) is 44.9 Å². The van der Waals surface area contributed by atoms with Crippen LogP contribution in [0.3, 0.4) is 0 Å². The number of pyridine rings is 1. The molecule has 2 N–H and O–H groups in total. The largest absolute Gasteiger partial charge is 0.475 e. The zero-order valence-electron chi connectivity index (χ0n) is 16.2. The molecule has 0 atom stereocenters. The quantitative estimate of drug-likeness (QED) is 0.216. The van der Waals surface area contributed by atoms with Crippen molar-refractivity contribution < 1.29 is 23.0 Å². The van der Waals surface area contributed by atoms with Crippen molar-refractivity contribution in [1.82, 2.24) is 15.6 Å². The number of aromatic nitrogens is 1. The van der Waals surface area contributed by atoms with E-state index in [-0.39, 0.29) is 36.3 Å². The summed E-state index contributed by atoms with van der Waals surface area (Å²) >= 11 is 0. The zero-order valence-corrected chi connectivity index (χ0v) is 18.6. The molecule has 0 spiro atoms. The minimum Gasteiger partial charge on any atom is -0.475 e. The van der Waals surface area contributed by atoms with Crippen molar-refractivity contribution in [3.05, 3.63) is 53.7 Å². The maximum absolute atomic E-state index is 12.5. The number of methoxy groups -OCH3 is 1. The van der Waals surface area contributed by atoms with Crippen molar-refractivity contribution in [3.63, 3.8) is 0 Å². The first kappa shape index (κ1) is 24.8. The summed E-state index contributed by atoms with van der Waals surface area (Å²) < 4.78 is 39.8. The molecule has 0 aliphatic carbocycles. The van der Waals surface area contributed by atoms with Crippen molar-refractivity contribution in [2.24, 2.45) is 4.99 Å². The first-order valence-corrected chi connectivity index (χ1v) is 8.66. The SMILES string of the molecule is CN=C(NCc1ccc(OCCOC)nc1)NCc1ccccc1OC(F)F.I. The summed E-state index contributed by atoms with van der Waals surface area (Å²) in [5.41, 5.74) is 1.54. The second-order valence-corrected chi connectivity index (χ2v) is 5.61. The number of hydrogen-bond acceptors (Lipinski definition) is 5. The highest BCUT2D eigenvalue weighted by molar-refractivity contribution is 14.0. The summed E-state index contributed by atoms with van der Waals surface area (Å²) in [6.45, 7) is -1.16. The second-order valence-electron chi connectivity index (χ2n) is 5.61. The lowest BCUT2D eigenvalue weighted by Gasteiger charge is -2.14. The average Bonchev–Trinajstić information content (AvgIpc) is 2.70. The van der Waals surface area contributed by atoms with Gasteiger partial charge in [-0.25, -0.2) is 4.98 Å². The Hall–Kier alpha value is -2.21. The molecule has 0 amide bonds. The molecule has 0 saturated carbocycles. The fourth-order valence-electron chi connectivity index (χ4n) is 2.28. The fourth-order valence-corrected chi connectivity index (χ4v) is 2.28. The number of benzene rings is 1. The Bertz CT molecular complexity index is 748. The van der Waals surface area contributed by atoms with Crippen molar-refractivity contribution in [3.8, 4) is 11.6 Å². The Labute approximate surface area is 185 Å². The van der Waals surface area contributed by atoms with Crippen molar-refractivity contribution in [2.75, 3.05) is 27.4 Å². The van der Waals surface area contributed by atoms with E-state index < -0.39 is 6.61 Å². The van der Waals surface area contributed by atoms with Gasteiger partial charge in [-0.3, -0.25) is 4.99 Å². The Morgan fingerprint density at radius 3 is 2.52 bits per heavy atom. The van der Waals surface area contributed by atoms with Gasteiger partial charge >= 0.3 is 6.61 Å². The van der Waals surface area contributed by atoms with E-state index in [2.05, 4.69) is 25.3 Å². The molecule has 1 heterocycles. The van der Waals surface area contributed by atoms with E-state index in [9.17, 15) is 8.78 Å². The van der Waals surface area contributed by atoms with Gasteiger partial charge in [0.15, 0.2) is 5.96 Å². The van der Waals surface area contributed by atoms with E-state index in [0.717, 1.165) is 5.56 Å². The van der Waals surface area contributed by atoms with Gasteiger partial charge in [-0.15, -0.1) is 24.0 Å². The molecule has 1 aromatic heterocycles. The van der Waals surface area contributed by atoms with Gasteiger partial charge in [-0.2, -0.15) is 8.78 Å². The molecular formula is C19H25F2IN4O3. The number of rotatable bonds is 10. The number of para-hydroxylation sites is 1. The van der Waals surface area contributed by atoms with Gasteiger partial charge < -0.3 is 24.8 Å². The van der Waals surface area contributed by atoms with Crippen LogP contribution in [0.25, 0.3) is 0 Å². The highest BCUT2D eigenvalue weighted by Gasteiger charge is 2.09. The van der Waals surface area contributed by atoms with Gasteiger partial charge in [0.1, 0.15) is 12.4 Å². The molecule has 2 rings (SSSR count). The molecule has 0 fully saturated rings. The van der Waals surface area contributed by atoms with Crippen LogP contribution < -0.4 is 20.1 Å². The summed E-state index contributed by atoms with van der Waals surface area (Å²) in [5.74, 6) is 1.18. The van der Waals surface area contributed by atoms with Crippen molar-refractivity contribution >= 4 is 29.9 Å². The third-order valence-electron chi connectivity index (χ3n) is 3.65. The maximum atomic E-state index is 12.5. The van der Waals surface area contributed by atoms with Crippen LogP contribution in [0.4, 0.5) is 8.78 Å². The van der Waals surface area contributed by atoms with E-state index in [4.69, 9.17) is 9.47 Å². The minimum absolute atomic E-state index is 0. The molecule has 0 aliphatic rings. The predicted molar refractivity (Wildman–Crippen MR) is 117 cm³/mol. The number of guanidine groups is 1. The topological polar surface area (TPSA) is 77.0 Å². The minimum atomic E-state index is -2.87. The fraction of sp³-hybridized carbons (Fsp3) is 0.368. The molecule has 160 valence electrons. The number of halogens is 3. The molecule has 0 saturated heterocycles. The van der Waals surface area contributed by atoms with Crippen LogP contribution in [0.15, 0.2) is 47.6 Å². The highest BCUT2D eigenvalue weighted by Crippen LogP contribution is 2.19. The molecule has 0 unspecified atom stereocenters. The lowest BCUT2D eigenvalue weighted by atomic mass is 10.2. The number of nitrogens with one attached hydrogen (secondary N) is 2. The van der Waals surface area contributed by atoms with E-state index in [0.29, 0.717) is 37.2 Å². The van der Waals surface area contributed by atoms with Crippen LogP contribution in [0.2, 0.25) is 0 Å². The molecule has 10 heteroatoms. The third-order valence-corrected chi connectivity index (χ3v) is 3.65. The van der Waals surface area contributed by atoms with Crippen LogP contribution in [0, 0.1) is 0 Å². The van der Waals surface area contributed by atoms with Gasteiger partial charge in [-0.1, -0.05) is 24.3 Å². The molecule has 29 heavy (non-hydrogen) atoms.